The zero-order chi connectivity index (χ0) is 17.2. The van der Waals surface area contributed by atoms with Gasteiger partial charge in [-0.05, 0) is 56.3 Å². The van der Waals surface area contributed by atoms with Crippen LogP contribution in [-0.4, -0.2) is 38.3 Å². The summed E-state index contributed by atoms with van der Waals surface area (Å²) in [5, 5.41) is 3.64. The van der Waals surface area contributed by atoms with Crippen LogP contribution in [0.15, 0.2) is 42.6 Å². The molecule has 0 spiro atoms. The average Bonchev–Trinajstić information content (AvgIpc) is 3.15. The molecule has 0 N–H and O–H groups in total. The third-order valence-electron chi connectivity index (χ3n) is 5.11. The molecule has 0 atom stereocenters. The molecule has 0 aliphatic carbocycles. The number of ether oxygens (including phenoxy) is 2. The number of aryl methyl sites for hydroxylation is 1. The van der Waals surface area contributed by atoms with Gasteiger partial charge in [-0.2, -0.15) is 0 Å². The third-order valence-corrected chi connectivity index (χ3v) is 5.11. The lowest BCUT2D eigenvalue weighted by Crippen LogP contribution is -2.28. The molecule has 4 nitrogen and oxygen atoms in total. The second-order valence-electron chi connectivity index (χ2n) is 6.77. The van der Waals surface area contributed by atoms with E-state index < -0.39 is 0 Å². The quantitative estimate of drug-likeness (QED) is 0.528. The van der Waals surface area contributed by atoms with Gasteiger partial charge in [0.05, 0.1) is 23.9 Å². The predicted molar refractivity (Wildman–Crippen MR) is 100 cm³/mol. The fourth-order valence-corrected chi connectivity index (χ4v) is 3.72. The largest absolute Gasteiger partial charge is 0.497 e. The van der Waals surface area contributed by atoms with Crippen LogP contribution in [0.25, 0.3) is 21.7 Å². The van der Waals surface area contributed by atoms with E-state index in [-0.39, 0.29) is 0 Å². The molecule has 25 heavy (non-hydrogen) atoms. The summed E-state index contributed by atoms with van der Waals surface area (Å²) in [6.45, 7) is 4.19. The maximum atomic E-state index is 6.00. The van der Waals surface area contributed by atoms with Crippen LogP contribution in [-0.2, 0) is 7.05 Å². The smallest absolute Gasteiger partial charge is 0.216 e. The summed E-state index contributed by atoms with van der Waals surface area (Å²) < 4.78 is 13.5. The van der Waals surface area contributed by atoms with E-state index in [4.69, 9.17) is 9.47 Å². The Kier molecular flexibility index (Phi) is 4.45. The molecule has 1 aromatic heterocycles. The number of benzene rings is 2. The van der Waals surface area contributed by atoms with Gasteiger partial charge < -0.3 is 9.47 Å². The molecule has 1 aliphatic rings. The lowest BCUT2D eigenvalue weighted by molar-refractivity contribution is -0.643. The maximum Gasteiger partial charge on any atom is 0.216 e. The van der Waals surface area contributed by atoms with Gasteiger partial charge in [0.1, 0.15) is 25.2 Å². The molecule has 130 valence electrons. The monoisotopic (exact) mass is 337 g/mol. The third kappa shape index (κ3) is 3.27. The van der Waals surface area contributed by atoms with Gasteiger partial charge in [0.2, 0.25) is 5.52 Å². The number of likely N-dealkylation sites (tertiary alicyclic amines) is 1. The summed E-state index contributed by atoms with van der Waals surface area (Å²) in [5.41, 5.74) is 1.18. The Balaban J connectivity index is 1.61. The fraction of sp³-hybridized carbons (Fsp3) is 0.381. The highest BCUT2D eigenvalue weighted by molar-refractivity contribution is 6.04. The summed E-state index contributed by atoms with van der Waals surface area (Å²) in [6, 6.07) is 12.6. The Hall–Kier alpha value is -2.33. The van der Waals surface area contributed by atoms with E-state index in [0.29, 0.717) is 0 Å². The normalized spacial score (nSPS) is 15.1. The minimum atomic E-state index is 0.750. The van der Waals surface area contributed by atoms with Gasteiger partial charge in [-0.15, -0.1) is 0 Å². The summed E-state index contributed by atoms with van der Waals surface area (Å²) in [5.74, 6) is 1.82. The van der Waals surface area contributed by atoms with E-state index in [0.717, 1.165) is 24.7 Å². The van der Waals surface area contributed by atoms with Crippen molar-refractivity contribution in [3.8, 4) is 11.5 Å². The number of hydrogen-bond acceptors (Lipinski definition) is 3. The number of fused-ring (bicyclic) bond motifs is 3. The number of rotatable bonds is 5. The van der Waals surface area contributed by atoms with Gasteiger partial charge in [0.15, 0.2) is 6.20 Å². The molecule has 0 saturated carbocycles. The van der Waals surface area contributed by atoms with E-state index in [9.17, 15) is 0 Å². The van der Waals surface area contributed by atoms with E-state index >= 15 is 0 Å². The second kappa shape index (κ2) is 6.89. The molecule has 2 aromatic carbocycles. The summed E-state index contributed by atoms with van der Waals surface area (Å²) >= 11 is 0. The van der Waals surface area contributed by atoms with Crippen molar-refractivity contribution in [1.29, 1.82) is 0 Å². The Morgan fingerprint density at radius 2 is 1.76 bits per heavy atom. The molecular weight excluding hydrogens is 312 g/mol. The maximum absolute atomic E-state index is 6.00. The number of aromatic nitrogens is 1. The average molecular weight is 337 g/mol. The molecule has 1 aliphatic heterocycles. The van der Waals surface area contributed by atoms with E-state index in [1.165, 1.54) is 47.6 Å². The molecule has 0 radical (unpaired) electrons. The fourth-order valence-electron chi connectivity index (χ4n) is 3.72. The minimum absolute atomic E-state index is 0.750. The van der Waals surface area contributed by atoms with Crippen molar-refractivity contribution in [3.63, 3.8) is 0 Å². The molecule has 3 aromatic rings. The zero-order valence-corrected chi connectivity index (χ0v) is 15.0. The zero-order valence-electron chi connectivity index (χ0n) is 15.0. The highest BCUT2D eigenvalue weighted by Gasteiger charge is 2.14. The van der Waals surface area contributed by atoms with Crippen LogP contribution < -0.4 is 14.0 Å². The van der Waals surface area contributed by atoms with E-state index in [1.807, 2.05) is 6.07 Å². The number of methoxy groups -OCH3 is 1. The Labute approximate surface area is 148 Å². The highest BCUT2D eigenvalue weighted by Crippen LogP contribution is 2.28. The molecule has 4 heteroatoms. The Bertz CT molecular complexity index is 901. The van der Waals surface area contributed by atoms with Gasteiger partial charge in [-0.3, -0.25) is 4.90 Å². The van der Waals surface area contributed by atoms with Crippen molar-refractivity contribution in [2.75, 3.05) is 33.4 Å². The molecule has 0 bridgehead atoms. The highest BCUT2D eigenvalue weighted by atomic mass is 16.5. The molecule has 0 unspecified atom stereocenters. The van der Waals surface area contributed by atoms with Crippen LogP contribution in [0.5, 0.6) is 11.5 Å². The first-order valence-electron chi connectivity index (χ1n) is 9.00. The van der Waals surface area contributed by atoms with Crippen LogP contribution in [0.4, 0.5) is 0 Å². The molecule has 4 rings (SSSR count). The predicted octanol–water partition coefficient (Wildman–Crippen LogP) is 3.30. The first-order valence-corrected chi connectivity index (χ1v) is 9.00. The summed E-state index contributed by atoms with van der Waals surface area (Å²) in [4.78, 5) is 2.47. The molecular formula is C21H25N2O2+. The van der Waals surface area contributed by atoms with E-state index in [1.54, 1.807) is 7.11 Å². The van der Waals surface area contributed by atoms with Gasteiger partial charge in [0, 0.05) is 11.9 Å². The topological polar surface area (TPSA) is 25.6 Å². The standard InChI is InChI=1S/C21H25N2O2/c1-22-15-16-13-17(24-2)5-7-19(16)20-8-6-18(14-21(20)22)25-12-11-23-9-3-4-10-23/h5-8,13-15H,3-4,9-12H2,1-2H3/q+1. The molecule has 1 fully saturated rings. The van der Waals surface area contributed by atoms with Crippen molar-refractivity contribution in [2.45, 2.75) is 12.8 Å². The van der Waals surface area contributed by atoms with Gasteiger partial charge in [-0.25, -0.2) is 4.57 Å². The molecule has 0 amide bonds. The van der Waals surface area contributed by atoms with Crippen LogP contribution >= 0.6 is 0 Å². The number of pyridine rings is 1. The minimum Gasteiger partial charge on any atom is -0.497 e. The Morgan fingerprint density at radius 3 is 2.56 bits per heavy atom. The van der Waals surface area contributed by atoms with Gasteiger partial charge >= 0.3 is 0 Å². The summed E-state index contributed by atoms with van der Waals surface area (Å²) in [7, 11) is 3.78. The van der Waals surface area contributed by atoms with Gasteiger partial charge in [-0.1, -0.05) is 0 Å². The van der Waals surface area contributed by atoms with Crippen LogP contribution in [0.1, 0.15) is 12.8 Å². The van der Waals surface area contributed by atoms with Crippen molar-refractivity contribution in [1.82, 2.24) is 4.90 Å². The molecule has 2 heterocycles. The number of nitrogens with zero attached hydrogens (tertiary/aromatic N) is 2. The van der Waals surface area contributed by atoms with Crippen molar-refractivity contribution in [3.05, 3.63) is 42.6 Å². The molecule has 1 saturated heterocycles. The van der Waals surface area contributed by atoms with Crippen LogP contribution in [0.2, 0.25) is 0 Å². The van der Waals surface area contributed by atoms with Gasteiger partial charge in [0.25, 0.3) is 0 Å². The van der Waals surface area contributed by atoms with Crippen molar-refractivity contribution < 1.29 is 14.0 Å². The summed E-state index contributed by atoms with van der Waals surface area (Å²) in [6.07, 6.45) is 4.79. The SMILES string of the molecule is COc1ccc2c(c1)c[n+](C)c1cc(OCCN3CCCC3)ccc21. The lowest BCUT2D eigenvalue weighted by atomic mass is 10.1. The van der Waals surface area contributed by atoms with Crippen molar-refractivity contribution in [2.24, 2.45) is 7.05 Å². The lowest BCUT2D eigenvalue weighted by Gasteiger charge is -2.15. The van der Waals surface area contributed by atoms with Crippen molar-refractivity contribution >= 4 is 21.7 Å². The van der Waals surface area contributed by atoms with Crippen LogP contribution in [0.3, 0.4) is 0 Å². The number of hydrogen-bond donors (Lipinski definition) is 0. The van der Waals surface area contributed by atoms with E-state index in [2.05, 4.69) is 53.0 Å². The van der Waals surface area contributed by atoms with Crippen LogP contribution in [0, 0.1) is 0 Å². The first kappa shape index (κ1) is 16.2. The second-order valence-corrected chi connectivity index (χ2v) is 6.77. The first-order chi connectivity index (χ1) is 12.2. The Morgan fingerprint density at radius 1 is 1.00 bits per heavy atom.